The lowest BCUT2D eigenvalue weighted by Gasteiger charge is -2.22. The molecule has 0 rings (SSSR count). The Bertz CT molecular complexity index is 702. The van der Waals surface area contributed by atoms with Gasteiger partial charge in [-0.15, -0.1) is 0 Å². The molecule has 0 saturated heterocycles. The minimum Gasteiger partial charge on any atom is -0.393 e. The SMILES string of the molecule is CCCCCCCCCCCC(OS(=O)(=O)OC(CCCCCCCCCCC)C(=O)C(O)CO)C(=O)C(O)CO. The van der Waals surface area contributed by atoms with Crippen LogP contribution in [-0.2, 0) is 28.4 Å². The van der Waals surface area contributed by atoms with E-state index in [0.717, 1.165) is 51.4 Å². The number of hydrogen-bond donors (Lipinski definition) is 4. The van der Waals surface area contributed by atoms with Crippen molar-refractivity contribution in [1.29, 1.82) is 0 Å². The van der Waals surface area contributed by atoms with E-state index in [9.17, 15) is 38.4 Å². The van der Waals surface area contributed by atoms with Gasteiger partial charge in [-0.1, -0.05) is 129 Å². The Labute approximate surface area is 248 Å². The highest BCUT2D eigenvalue weighted by atomic mass is 32.3. The molecule has 0 aromatic carbocycles. The van der Waals surface area contributed by atoms with Crippen LogP contribution in [0.25, 0.3) is 0 Å². The third-order valence-electron chi connectivity index (χ3n) is 7.25. The summed E-state index contributed by atoms with van der Waals surface area (Å²) >= 11 is 0. The van der Waals surface area contributed by atoms with Gasteiger partial charge in [0.25, 0.3) is 0 Å². The summed E-state index contributed by atoms with van der Waals surface area (Å²) in [6, 6.07) is 0. The lowest BCUT2D eigenvalue weighted by Crippen LogP contribution is -2.41. The largest absolute Gasteiger partial charge is 0.401 e. The molecule has 0 aliphatic heterocycles. The molecule has 0 heterocycles. The zero-order valence-electron chi connectivity index (χ0n) is 25.5. The summed E-state index contributed by atoms with van der Waals surface area (Å²) < 4.78 is 35.6. The number of Topliss-reactive ketones (excluding diaryl/α,β-unsaturated/α-hetero) is 2. The van der Waals surface area contributed by atoms with Gasteiger partial charge in [0.2, 0.25) is 0 Å². The molecule has 10 nitrogen and oxygen atoms in total. The molecule has 0 aliphatic rings. The van der Waals surface area contributed by atoms with Crippen molar-refractivity contribution in [1.82, 2.24) is 0 Å². The summed E-state index contributed by atoms with van der Waals surface area (Å²) in [5, 5.41) is 38.1. The second-order valence-corrected chi connectivity index (χ2v) is 12.2. The van der Waals surface area contributed by atoms with Crippen LogP contribution in [-0.4, -0.2) is 78.0 Å². The Hall–Kier alpha value is -0.950. The fourth-order valence-electron chi connectivity index (χ4n) is 4.67. The number of rotatable bonds is 30. The highest BCUT2D eigenvalue weighted by Gasteiger charge is 2.35. The molecule has 0 aromatic heterocycles. The van der Waals surface area contributed by atoms with Crippen molar-refractivity contribution in [2.75, 3.05) is 13.2 Å². The Morgan fingerprint density at radius 3 is 1.07 bits per heavy atom. The molecule has 0 saturated carbocycles. The zero-order valence-corrected chi connectivity index (χ0v) is 26.3. The van der Waals surface area contributed by atoms with E-state index in [-0.39, 0.29) is 12.8 Å². The van der Waals surface area contributed by atoms with Crippen LogP contribution in [0.4, 0.5) is 0 Å². The topological polar surface area (TPSA) is 168 Å². The van der Waals surface area contributed by atoms with Gasteiger partial charge in [0.05, 0.1) is 13.2 Å². The number of hydrogen-bond acceptors (Lipinski definition) is 10. The second-order valence-electron chi connectivity index (χ2n) is 11.0. The summed E-state index contributed by atoms with van der Waals surface area (Å²) in [6.45, 7) is 2.54. The maximum absolute atomic E-state index is 12.8. The van der Waals surface area contributed by atoms with Crippen molar-refractivity contribution in [2.24, 2.45) is 0 Å². The lowest BCUT2D eigenvalue weighted by molar-refractivity contribution is -0.138. The van der Waals surface area contributed by atoms with Gasteiger partial charge in [-0.2, -0.15) is 8.42 Å². The number of aliphatic hydroxyl groups is 4. The summed E-state index contributed by atoms with van der Waals surface area (Å²) in [5.41, 5.74) is 0. The van der Waals surface area contributed by atoms with E-state index in [1.807, 2.05) is 0 Å². The Kier molecular flexibility index (Phi) is 24.9. The van der Waals surface area contributed by atoms with Gasteiger partial charge in [0.15, 0.2) is 11.6 Å². The first kappa shape index (κ1) is 40.1. The van der Waals surface area contributed by atoms with E-state index in [1.165, 1.54) is 51.4 Å². The van der Waals surface area contributed by atoms with Crippen LogP contribution in [0.3, 0.4) is 0 Å². The van der Waals surface area contributed by atoms with E-state index in [4.69, 9.17) is 8.37 Å². The number of aliphatic hydroxyl groups excluding tert-OH is 4. The summed E-state index contributed by atoms with van der Waals surface area (Å²) in [6.07, 6.45) is 11.2. The van der Waals surface area contributed by atoms with E-state index in [0.29, 0.717) is 12.8 Å². The Morgan fingerprint density at radius 2 is 0.805 bits per heavy atom. The molecular formula is C30H58O10S. The van der Waals surface area contributed by atoms with Gasteiger partial charge < -0.3 is 20.4 Å². The van der Waals surface area contributed by atoms with Crippen molar-refractivity contribution in [2.45, 2.75) is 167 Å². The van der Waals surface area contributed by atoms with Gasteiger partial charge in [-0.3, -0.25) is 9.59 Å². The first-order valence-corrected chi connectivity index (χ1v) is 17.2. The molecule has 11 heteroatoms. The molecular weight excluding hydrogens is 552 g/mol. The fourth-order valence-corrected chi connectivity index (χ4v) is 5.67. The molecule has 0 aromatic rings. The third kappa shape index (κ3) is 20.6. The molecule has 0 amide bonds. The molecule has 0 fully saturated rings. The summed E-state index contributed by atoms with van der Waals surface area (Å²) in [7, 11) is -4.90. The number of carbonyl (C=O) groups excluding carboxylic acids is 2. The normalized spacial score (nSPS) is 15.0. The molecule has 0 bridgehead atoms. The van der Waals surface area contributed by atoms with Crippen molar-refractivity contribution in [3.63, 3.8) is 0 Å². The van der Waals surface area contributed by atoms with E-state index >= 15 is 0 Å². The van der Waals surface area contributed by atoms with Gasteiger partial charge in [-0.25, -0.2) is 8.37 Å². The highest BCUT2D eigenvalue weighted by molar-refractivity contribution is 7.82. The van der Waals surface area contributed by atoms with E-state index in [1.54, 1.807) is 0 Å². The molecule has 0 radical (unpaired) electrons. The smallest absolute Gasteiger partial charge is 0.393 e. The number of ketones is 2. The van der Waals surface area contributed by atoms with Crippen LogP contribution in [0.1, 0.15) is 142 Å². The predicted molar refractivity (Wildman–Crippen MR) is 159 cm³/mol. The second kappa shape index (κ2) is 25.5. The zero-order chi connectivity index (χ0) is 30.9. The van der Waals surface area contributed by atoms with Crippen molar-refractivity contribution >= 4 is 22.0 Å². The van der Waals surface area contributed by atoms with Crippen LogP contribution in [0.5, 0.6) is 0 Å². The molecule has 0 aliphatic carbocycles. The maximum atomic E-state index is 12.8. The molecule has 244 valence electrons. The first-order chi connectivity index (χ1) is 19.6. The number of unbranched alkanes of at least 4 members (excludes halogenated alkanes) is 16. The number of carbonyl (C=O) groups is 2. The standard InChI is InChI=1S/C30H58O10S/c1-3-5-7-9-11-13-15-17-19-21-27(29(35)25(33)23-31)39-41(37,38)40-28(30(36)26(34)24-32)22-20-18-16-14-12-10-8-6-4-2/h25-28,31-34H,3-24H2,1-2H3. The van der Waals surface area contributed by atoms with Crippen molar-refractivity contribution in [3.8, 4) is 0 Å². The average molecular weight is 611 g/mol. The molecule has 4 atom stereocenters. The predicted octanol–water partition coefficient (Wildman–Crippen LogP) is 4.69. The van der Waals surface area contributed by atoms with Gasteiger partial charge in [0, 0.05) is 0 Å². The van der Waals surface area contributed by atoms with Gasteiger partial charge in [0.1, 0.15) is 24.4 Å². The molecule has 0 spiro atoms. The first-order valence-electron chi connectivity index (χ1n) is 15.9. The highest BCUT2D eigenvalue weighted by Crippen LogP contribution is 2.20. The quantitative estimate of drug-likeness (QED) is 0.0838. The third-order valence-corrected chi connectivity index (χ3v) is 8.18. The van der Waals surface area contributed by atoms with E-state index in [2.05, 4.69) is 13.8 Å². The van der Waals surface area contributed by atoms with Crippen LogP contribution in [0.15, 0.2) is 0 Å². The maximum Gasteiger partial charge on any atom is 0.401 e. The van der Waals surface area contributed by atoms with Gasteiger partial charge >= 0.3 is 10.4 Å². The van der Waals surface area contributed by atoms with Crippen molar-refractivity contribution in [3.05, 3.63) is 0 Å². The fraction of sp³-hybridized carbons (Fsp3) is 0.933. The lowest BCUT2D eigenvalue weighted by atomic mass is 10.0. The Morgan fingerprint density at radius 1 is 0.537 bits per heavy atom. The van der Waals surface area contributed by atoms with Crippen LogP contribution in [0, 0.1) is 0 Å². The molecule has 4 N–H and O–H groups in total. The van der Waals surface area contributed by atoms with Crippen LogP contribution in [0.2, 0.25) is 0 Å². The minimum atomic E-state index is -4.90. The van der Waals surface area contributed by atoms with Crippen molar-refractivity contribution < 1.29 is 46.8 Å². The Balaban J connectivity index is 5.01. The average Bonchev–Trinajstić information content (AvgIpc) is 2.96. The summed E-state index contributed by atoms with van der Waals surface area (Å²) in [4.78, 5) is 25.1. The summed E-state index contributed by atoms with van der Waals surface area (Å²) in [5.74, 6) is -1.98. The van der Waals surface area contributed by atoms with Gasteiger partial charge in [-0.05, 0) is 12.8 Å². The van der Waals surface area contributed by atoms with E-state index < -0.39 is 59.6 Å². The monoisotopic (exact) mass is 610 g/mol. The van der Waals surface area contributed by atoms with Crippen LogP contribution >= 0.6 is 0 Å². The molecule has 4 unspecified atom stereocenters. The molecule has 41 heavy (non-hydrogen) atoms. The minimum absolute atomic E-state index is 0.00947. The van der Waals surface area contributed by atoms with Crippen LogP contribution < -0.4 is 0 Å².